The lowest BCUT2D eigenvalue weighted by molar-refractivity contribution is -0.144. The van der Waals surface area contributed by atoms with E-state index < -0.39 is 17.6 Å². The van der Waals surface area contributed by atoms with E-state index in [1.165, 1.54) is 6.20 Å². The molecule has 3 aliphatic rings. The van der Waals surface area contributed by atoms with Gasteiger partial charge in [0.05, 0.1) is 42.4 Å². The van der Waals surface area contributed by atoms with Crippen LogP contribution in [0.25, 0.3) is 22.4 Å². The summed E-state index contributed by atoms with van der Waals surface area (Å²) < 4.78 is 53.5. The Morgan fingerprint density at radius 2 is 1.86 bits per heavy atom. The topological polar surface area (TPSA) is 142 Å². The van der Waals surface area contributed by atoms with E-state index in [-0.39, 0.29) is 58.4 Å². The fourth-order valence-corrected chi connectivity index (χ4v) is 8.31. The van der Waals surface area contributed by atoms with E-state index in [2.05, 4.69) is 40.0 Å². The van der Waals surface area contributed by atoms with Crippen LogP contribution in [0, 0.1) is 5.41 Å². The minimum absolute atomic E-state index is 0.0779. The quantitative estimate of drug-likeness (QED) is 0.132. The summed E-state index contributed by atoms with van der Waals surface area (Å²) in [6.45, 7) is 5.97. The zero-order valence-electron chi connectivity index (χ0n) is 32.4. The van der Waals surface area contributed by atoms with Crippen LogP contribution in [-0.2, 0) is 27.0 Å². The molecule has 4 aromatic heterocycles. The molecule has 5 heterocycles. The first-order valence-electron chi connectivity index (χ1n) is 19.4. The molecule has 0 spiro atoms. The Morgan fingerprint density at radius 1 is 1.07 bits per heavy atom. The molecule has 1 aliphatic heterocycles. The number of aromatic amines is 1. The SMILES string of the molecule is CCOC(=O)CN(C)[C@@H]1CCN(Cc2ccc(C(=O)Nc3nc4nc(-c5cnc(C6CC6)c(C(F)(F)F)c5)cc(N(C)CC5(COC)CCCC5)c4[nH]3)nc2)C1. The first kappa shape index (κ1) is 39.6. The second-order valence-corrected chi connectivity index (χ2v) is 15.6. The number of alkyl halides is 3. The maximum absolute atomic E-state index is 14.2. The summed E-state index contributed by atoms with van der Waals surface area (Å²) in [6, 6.07) is 6.67. The number of methoxy groups -OCH3 is 1. The number of anilines is 2. The number of fused-ring (bicyclic) bond motifs is 1. The molecular formula is C40H50F3N9O4. The van der Waals surface area contributed by atoms with E-state index in [0.29, 0.717) is 56.0 Å². The molecule has 0 unspecified atom stereocenters. The Bertz CT molecular complexity index is 2030. The number of carbonyl (C=O) groups is 2. The van der Waals surface area contributed by atoms with Gasteiger partial charge in [-0.15, -0.1) is 0 Å². The normalized spacial score (nSPS) is 18.5. The Labute approximate surface area is 324 Å². The Morgan fingerprint density at radius 3 is 2.54 bits per heavy atom. The van der Waals surface area contributed by atoms with Crippen molar-refractivity contribution in [2.45, 2.75) is 76.6 Å². The van der Waals surface area contributed by atoms with Gasteiger partial charge in [0.25, 0.3) is 5.91 Å². The molecule has 13 nitrogen and oxygen atoms in total. The molecular weight excluding hydrogens is 727 g/mol. The van der Waals surface area contributed by atoms with Gasteiger partial charge in [-0.25, -0.2) is 4.98 Å². The lowest BCUT2D eigenvalue weighted by Crippen LogP contribution is -2.38. The zero-order valence-corrected chi connectivity index (χ0v) is 32.4. The number of likely N-dealkylation sites (N-methyl/N-ethyl adjacent to an activating group) is 1. The number of esters is 1. The van der Waals surface area contributed by atoms with Crippen LogP contribution in [0.3, 0.4) is 0 Å². The Hall–Kier alpha value is -4.67. The number of amides is 1. The number of rotatable bonds is 15. The molecule has 16 heteroatoms. The molecule has 7 rings (SSSR count). The Kier molecular flexibility index (Phi) is 11.6. The number of halogens is 3. The monoisotopic (exact) mass is 777 g/mol. The number of likely N-dealkylation sites (tertiary alicyclic amines) is 1. The molecule has 1 saturated heterocycles. The van der Waals surface area contributed by atoms with Crippen LogP contribution in [0.1, 0.15) is 85.1 Å². The number of aromatic nitrogens is 5. The highest BCUT2D eigenvalue weighted by molar-refractivity contribution is 6.03. The summed E-state index contributed by atoms with van der Waals surface area (Å²) >= 11 is 0. The fourth-order valence-electron chi connectivity index (χ4n) is 8.31. The molecule has 0 bridgehead atoms. The highest BCUT2D eigenvalue weighted by atomic mass is 19.4. The molecule has 56 heavy (non-hydrogen) atoms. The van der Waals surface area contributed by atoms with Crippen LogP contribution in [-0.4, -0.2) is 113 Å². The van der Waals surface area contributed by atoms with Crippen molar-refractivity contribution < 1.29 is 32.2 Å². The maximum atomic E-state index is 14.2. The first-order chi connectivity index (χ1) is 26.8. The van der Waals surface area contributed by atoms with Gasteiger partial charge in [0, 0.05) is 75.7 Å². The number of carbonyl (C=O) groups excluding carboxylic acids is 2. The number of nitrogens with one attached hydrogen (secondary N) is 2. The van der Waals surface area contributed by atoms with Gasteiger partial charge in [-0.05, 0) is 69.8 Å². The van der Waals surface area contributed by atoms with Crippen molar-refractivity contribution in [3.8, 4) is 11.3 Å². The maximum Gasteiger partial charge on any atom is 0.418 e. The van der Waals surface area contributed by atoms with Crippen LogP contribution >= 0.6 is 0 Å². The first-order valence-corrected chi connectivity index (χ1v) is 19.4. The molecule has 1 atom stereocenters. The van der Waals surface area contributed by atoms with Crippen LogP contribution in [0.15, 0.2) is 36.7 Å². The highest BCUT2D eigenvalue weighted by Crippen LogP contribution is 2.46. The number of ether oxygens (including phenoxy) is 2. The van der Waals surface area contributed by atoms with Crippen LogP contribution in [0.4, 0.5) is 24.8 Å². The summed E-state index contributed by atoms with van der Waals surface area (Å²) in [4.78, 5) is 53.0. The second kappa shape index (κ2) is 16.4. The van der Waals surface area contributed by atoms with Crippen molar-refractivity contribution in [3.05, 3.63) is 59.2 Å². The third-order valence-electron chi connectivity index (χ3n) is 11.3. The van der Waals surface area contributed by atoms with Crippen LogP contribution in [0.2, 0.25) is 0 Å². The van der Waals surface area contributed by atoms with Crippen molar-refractivity contribution in [2.75, 3.05) is 70.8 Å². The molecule has 1 amide bonds. The van der Waals surface area contributed by atoms with Crippen LogP contribution < -0.4 is 10.2 Å². The fraction of sp³-hybridized carbons (Fsp3) is 0.550. The highest BCUT2D eigenvalue weighted by Gasteiger charge is 2.40. The summed E-state index contributed by atoms with van der Waals surface area (Å²) in [7, 11) is 5.58. The van der Waals surface area contributed by atoms with Gasteiger partial charge in [-0.2, -0.15) is 18.2 Å². The lowest BCUT2D eigenvalue weighted by atomic mass is 9.86. The van der Waals surface area contributed by atoms with Gasteiger partial charge in [-0.1, -0.05) is 18.9 Å². The summed E-state index contributed by atoms with van der Waals surface area (Å²) in [5.41, 5.74) is 2.39. The standard InChI is InChI=1S/C40H50F3N9O4/c1-5-56-33(53)22-50(2)28-12-15-52(21-28)20-25-8-11-30(44-18-25)37(54)49-38-47-35-32(51(3)23-39(24-55-4)13-6-7-14-39)17-31(46-36(35)48-38)27-16-29(40(41,42)43)34(45-19-27)26-9-10-26/h8,11,16-19,26,28H,5-7,9-10,12-15,20-24H2,1-4H3,(H2,46,47,48,49,54)/t28-/m1/s1. The average Bonchev–Trinajstić information content (AvgIpc) is 3.50. The molecule has 2 saturated carbocycles. The van der Waals surface area contributed by atoms with Gasteiger partial charge in [0.1, 0.15) is 11.2 Å². The zero-order chi connectivity index (χ0) is 39.6. The van der Waals surface area contributed by atoms with Gasteiger partial charge in [0.2, 0.25) is 5.95 Å². The van der Waals surface area contributed by atoms with E-state index in [0.717, 1.165) is 56.8 Å². The smallest absolute Gasteiger partial charge is 0.418 e. The largest absolute Gasteiger partial charge is 0.465 e. The lowest BCUT2D eigenvalue weighted by Gasteiger charge is -2.34. The molecule has 3 fully saturated rings. The summed E-state index contributed by atoms with van der Waals surface area (Å²) in [5.74, 6) is -0.754. The molecule has 0 radical (unpaired) electrons. The average molecular weight is 778 g/mol. The van der Waals surface area contributed by atoms with Crippen molar-refractivity contribution in [3.63, 3.8) is 0 Å². The van der Waals surface area contributed by atoms with Crippen molar-refractivity contribution in [1.29, 1.82) is 0 Å². The Balaban J connectivity index is 1.10. The van der Waals surface area contributed by atoms with Gasteiger partial charge < -0.3 is 19.4 Å². The molecule has 0 aromatic carbocycles. The molecule has 4 aromatic rings. The van der Waals surface area contributed by atoms with E-state index >= 15 is 0 Å². The second-order valence-electron chi connectivity index (χ2n) is 15.6. The predicted molar refractivity (Wildman–Crippen MR) is 205 cm³/mol. The number of H-pyrrole nitrogens is 1. The molecule has 2 aliphatic carbocycles. The van der Waals surface area contributed by atoms with Gasteiger partial charge >= 0.3 is 12.1 Å². The molecule has 2 N–H and O–H groups in total. The van der Waals surface area contributed by atoms with E-state index in [4.69, 9.17) is 9.47 Å². The van der Waals surface area contributed by atoms with Crippen LogP contribution in [0.5, 0.6) is 0 Å². The van der Waals surface area contributed by atoms with Gasteiger partial charge in [0.15, 0.2) is 5.65 Å². The van der Waals surface area contributed by atoms with Gasteiger partial charge in [-0.3, -0.25) is 34.7 Å². The van der Waals surface area contributed by atoms with E-state index in [1.807, 2.05) is 25.1 Å². The summed E-state index contributed by atoms with van der Waals surface area (Å²) in [6.07, 6.45) is 5.08. The number of hydrogen-bond acceptors (Lipinski definition) is 11. The minimum atomic E-state index is -4.56. The third-order valence-corrected chi connectivity index (χ3v) is 11.3. The van der Waals surface area contributed by atoms with Crippen molar-refractivity contribution in [2.24, 2.45) is 5.41 Å². The van der Waals surface area contributed by atoms with Crippen molar-refractivity contribution in [1.82, 2.24) is 34.7 Å². The van der Waals surface area contributed by atoms with E-state index in [1.54, 1.807) is 32.4 Å². The number of hydrogen-bond donors (Lipinski definition) is 2. The van der Waals surface area contributed by atoms with E-state index in [9.17, 15) is 22.8 Å². The minimum Gasteiger partial charge on any atom is -0.465 e. The van der Waals surface area contributed by atoms with Crippen molar-refractivity contribution >= 4 is 34.7 Å². The predicted octanol–water partition coefficient (Wildman–Crippen LogP) is 6.28. The molecule has 300 valence electrons. The summed E-state index contributed by atoms with van der Waals surface area (Å²) in [5, 5.41) is 2.80. The third kappa shape index (κ3) is 8.97. The number of imidazole rings is 1. The number of pyridine rings is 3. The number of nitrogens with zero attached hydrogens (tertiary/aromatic N) is 7.